The van der Waals surface area contributed by atoms with Crippen LogP contribution in [0.1, 0.15) is 11.3 Å². The second-order valence-corrected chi connectivity index (χ2v) is 31.0. The van der Waals surface area contributed by atoms with Crippen LogP contribution in [0.5, 0.6) is 0 Å². The predicted molar refractivity (Wildman–Crippen MR) is 336 cm³/mol. The molecule has 0 spiro atoms. The van der Waals surface area contributed by atoms with Crippen molar-refractivity contribution in [1.82, 2.24) is 0 Å². The van der Waals surface area contributed by atoms with Gasteiger partial charge in [0.1, 0.15) is 49.8 Å². The molecular weight excluding hydrogens is 1000 g/mol. The van der Waals surface area contributed by atoms with Crippen molar-refractivity contribution in [2.24, 2.45) is 0 Å². The zero-order chi connectivity index (χ0) is 53.1. The maximum atomic E-state index is 7.30. The predicted octanol–water partition coefficient (Wildman–Crippen LogP) is 18.2. The van der Waals surface area contributed by atoms with Crippen molar-refractivity contribution in [2.75, 3.05) is 9.80 Å². The Balaban J connectivity index is 0.949. The molecule has 10 aromatic carbocycles. The molecule has 0 bridgehead atoms. The summed E-state index contributed by atoms with van der Waals surface area (Å²) in [6.45, 7) is 16.1. The molecule has 378 valence electrons. The topological polar surface area (TPSA) is 59.0 Å². The molecule has 0 aliphatic carbocycles. The highest BCUT2D eigenvalue weighted by molar-refractivity contribution is 7.06. The van der Waals surface area contributed by atoms with Gasteiger partial charge in [0.15, 0.2) is 11.2 Å². The number of benzene rings is 10. The van der Waals surface area contributed by atoms with E-state index in [4.69, 9.17) is 17.7 Å². The summed E-state index contributed by atoms with van der Waals surface area (Å²) in [5.74, 6) is 0.858. The number of aryl methyl sites for hydroxylation is 1. The summed E-state index contributed by atoms with van der Waals surface area (Å²) in [5.41, 5.74) is 18.3. The lowest BCUT2D eigenvalue weighted by atomic mass is 9.96. The quantitative estimate of drug-likeness (QED) is 0.112. The molecule has 0 N–H and O–H groups in total. The van der Waals surface area contributed by atoms with E-state index in [0.717, 1.165) is 122 Å². The summed E-state index contributed by atoms with van der Waals surface area (Å²) < 4.78 is 28.2. The first-order valence-corrected chi connectivity index (χ1v) is 33.2. The van der Waals surface area contributed by atoms with Crippen LogP contribution in [0.2, 0.25) is 26.2 Å². The van der Waals surface area contributed by atoms with Crippen LogP contribution in [0.25, 0.3) is 105 Å². The fourth-order valence-electron chi connectivity index (χ4n) is 13.6. The number of rotatable bonds is 8. The van der Waals surface area contributed by atoms with E-state index in [2.05, 4.69) is 237 Å². The summed E-state index contributed by atoms with van der Waals surface area (Å²) in [6.07, 6.45) is 5.88. The highest BCUT2D eigenvalue weighted by Gasteiger charge is 2.47. The normalized spacial score (nSPS) is 14.1. The monoisotopic (exact) mass is 1050 g/mol. The van der Waals surface area contributed by atoms with Gasteiger partial charge in [-0.1, -0.05) is 178 Å². The standard InChI is InChI=1S/C71H52N2O4Si2/c1-7-8-27-45-42(2)74-68-47(45)31-21-33-53(68)72(43-23-11-9-12-24-43)55-40-62-66(70-64(55)49-29-16-19-36-58(49)76-70)51-38-61-52(39-60(51)78(62,3)4)67-63(79(61,5)6)41-56(65-50-30-17-20-37-59(50)77-71(65)67)73(44-25-13-10-14-26-44)54-34-22-32-48-46-28-15-18-35-57(46)75-69(48)54/h7-41H,1H2,2-6H3/b27-8-. The van der Waals surface area contributed by atoms with Crippen molar-refractivity contribution >= 4 is 154 Å². The molecule has 0 saturated heterocycles. The summed E-state index contributed by atoms with van der Waals surface area (Å²) >= 11 is 0. The Morgan fingerprint density at radius 3 is 1.32 bits per heavy atom. The van der Waals surface area contributed by atoms with Gasteiger partial charge in [0.05, 0.1) is 33.5 Å². The number of hydrogen-bond acceptors (Lipinski definition) is 6. The molecule has 6 heterocycles. The smallest absolute Gasteiger partial charge is 0.159 e. The van der Waals surface area contributed by atoms with Crippen LogP contribution in [0.3, 0.4) is 0 Å². The molecule has 0 fully saturated rings. The lowest BCUT2D eigenvalue weighted by Gasteiger charge is -2.28. The third kappa shape index (κ3) is 6.32. The van der Waals surface area contributed by atoms with Crippen molar-refractivity contribution in [3.8, 4) is 22.3 Å². The van der Waals surface area contributed by atoms with Crippen LogP contribution in [0, 0.1) is 6.92 Å². The van der Waals surface area contributed by atoms with Gasteiger partial charge in [0, 0.05) is 55.0 Å². The molecule has 0 amide bonds. The van der Waals surface area contributed by atoms with E-state index >= 15 is 0 Å². The molecule has 14 aromatic rings. The second kappa shape index (κ2) is 16.6. The third-order valence-electron chi connectivity index (χ3n) is 17.3. The zero-order valence-corrected chi connectivity index (χ0v) is 46.4. The zero-order valence-electron chi connectivity index (χ0n) is 44.4. The van der Waals surface area contributed by atoms with Gasteiger partial charge in [-0.05, 0) is 106 Å². The Bertz CT molecular complexity index is 4960. The molecule has 0 atom stereocenters. The second-order valence-electron chi connectivity index (χ2n) is 22.3. The molecule has 6 nitrogen and oxygen atoms in total. The summed E-state index contributed by atoms with van der Waals surface area (Å²) in [4.78, 5) is 4.82. The summed E-state index contributed by atoms with van der Waals surface area (Å²) in [6, 6.07) is 70.1. The Morgan fingerprint density at radius 2 is 0.810 bits per heavy atom. The van der Waals surface area contributed by atoms with E-state index in [1.165, 1.54) is 43.0 Å². The van der Waals surface area contributed by atoms with E-state index in [0.29, 0.717) is 0 Å². The van der Waals surface area contributed by atoms with Crippen molar-refractivity contribution < 1.29 is 17.7 Å². The van der Waals surface area contributed by atoms with E-state index < -0.39 is 16.1 Å². The number of furan rings is 4. The number of fused-ring (bicyclic) bond motifs is 18. The molecule has 8 heteroatoms. The van der Waals surface area contributed by atoms with E-state index in [9.17, 15) is 0 Å². The molecule has 2 aliphatic rings. The van der Waals surface area contributed by atoms with Crippen LogP contribution in [0.15, 0.2) is 231 Å². The van der Waals surface area contributed by atoms with Crippen molar-refractivity contribution in [1.29, 1.82) is 0 Å². The van der Waals surface area contributed by atoms with Gasteiger partial charge in [-0.3, -0.25) is 0 Å². The molecule has 79 heavy (non-hydrogen) atoms. The minimum absolute atomic E-state index is 0.828. The van der Waals surface area contributed by atoms with E-state index in [1.807, 2.05) is 25.1 Å². The van der Waals surface area contributed by atoms with Crippen LogP contribution >= 0.6 is 0 Å². The SMILES string of the molecule is C=C/C=C\c1c(C)oc2c(N(c3ccccc3)c3cc4c(c5oc6ccccc6c35)-c3cc5c(cc3[Si]4(C)C)-c3c(cc(N(c4ccccc4)c4cccc6c4oc4ccccc46)c4c3oc3ccccc34)[Si]5(C)C)cccc12. The van der Waals surface area contributed by atoms with Gasteiger partial charge in [0.25, 0.3) is 0 Å². The molecule has 2 aliphatic heterocycles. The van der Waals surface area contributed by atoms with Gasteiger partial charge in [-0.25, -0.2) is 0 Å². The number of allylic oxidation sites excluding steroid dienone is 2. The summed E-state index contributed by atoms with van der Waals surface area (Å²) in [5, 5.41) is 13.1. The Kier molecular flexibility index (Phi) is 9.62. The number of nitrogens with zero attached hydrogens (tertiary/aromatic N) is 2. The van der Waals surface area contributed by atoms with Crippen LogP contribution < -0.4 is 30.5 Å². The minimum Gasteiger partial charge on any atom is -0.459 e. The van der Waals surface area contributed by atoms with Crippen LogP contribution in [0.4, 0.5) is 34.1 Å². The van der Waals surface area contributed by atoms with Gasteiger partial charge >= 0.3 is 0 Å². The number of hydrogen-bond donors (Lipinski definition) is 0. The summed E-state index contributed by atoms with van der Waals surface area (Å²) in [7, 11) is -5.06. The average molecular weight is 1050 g/mol. The Labute approximate surface area is 458 Å². The molecule has 0 unspecified atom stereocenters. The van der Waals surface area contributed by atoms with Crippen LogP contribution in [-0.2, 0) is 0 Å². The van der Waals surface area contributed by atoms with Crippen molar-refractivity contribution in [3.05, 3.63) is 224 Å². The third-order valence-corrected chi connectivity index (χ3v) is 24.3. The van der Waals surface area contributed by atoms with Gasteiger partial charge in [-0.15, -0.1) is 0 Å². The Morgan fingerprint density at radius 1 is 0.392 bits per heavy atom. The Hall–Kier alpha value is -9.35. The van der Waals surface area contributed by atoms with Crippen molar-refractivity contribution in [3.63, 3.8) is 0 Å². The average Bonchev–Trinajstić information content (AvgIpc) is 3.02. The molecule has 4 aromatic heterocycles. The molecule has 0 radical (unpaired) electrons. The first-order chi connectivity index (χ1) is 38.6. The maximum absolute atomic E-state index is 7.30. The van der Waals surface area contributed by atoms with Gasteiger partial charge in [-0.2, -0.15) is 0 Å². The van der Waals surface area contributed by atoms with E-state index in [-0.39, 0.29) is 0 Å². The fraction of sp³-hybridized carbons (Fsp3) is 0.0704. The maximum Gasteiger partial charge on any atom is 0.159 e. The highest BCUT2D eigenvalue weighted by atomic mass is 28.3. The van der Waals surface area contributed by atoms with Crippen LogP contribution in [-0.4, -0.2) is 16.1 Å². The largest absolute Gasteiger partial charge is 0.459 e. The molecule has 16 rings (SSSR count). The highest BCUT2D eigenvalue weighted by Crippen LogP contribution is 2.53. The number of para-hydroxylation sites is 7. The first-order valence-electron chi connectivity index (χ1n) is 27.2. The first kappa shape index (κ1) is 45.8. The lowest BCUT2D eigenvalue weighted by Crippen LogP contribution is -2.51. The lowest BCUT2D eigenvalue weighted by molar-refractivity contribution is 0.578. The van der Waals surface area contributed by atoms with E-state index in [1.54, 1.807) is 0 Å². The number of anilines is 6. The van der Waals surface area contributed by atoms with Gasteiger partial charge < -0.3 is 27.5 Å². The fourth-order valence-corrected chi connectivity index (χ4v) is 19.7. The molecule has 0 saturated carbocycles. The minimum atomic E-state index is -2.53. The van der Waals surface area contributed by atoms with Crippen molar-refractivity contribution in [2.45, 2.75) is 33.1 Å². The van der Waals surface area contributed by atoms with Gasteiger partial charge in [0.2, 0.25) is 0 Å². The molecular formula is C71H52N2O4Si2.